The molecule has 0 radical (unpaired) electrons. The zero-order chi connectivity index (χ0) is 27.6. The van der Waals surface area contributed by atoms with Crippen molar-refractivity contribution in [1.29, 1.82) is 0 Å². The van der Waals surface area contributed by atoms with Crippen LogP contribution >= 0.6 is 0 Å². The van der Waals surface area contributed by atoms with E-state index in [1.807, 2.05) is 18.2 Å². The van der Waals surface area contributed by atoms with Crippen LogP contribution in [0.1, 0.15) is 19.3 Å². The molecule has 2 aliphatic rings. The Hall–Kier alpha value is -1.52. The number of aliphatic hydroxyl groups excluding tert-OH is 7. The number of rotatable bonds is 10. The first-order chi connectivity index (χ1) is 18.2. The van der Waals surface area contributed by atoms with Gasteiger partial charge in [0.2, 0.25) is 0 Å². The van der Waals surface area contributed by atoms with Crippen molar-refractivity contribution in [3.05, 3.63) is 34.6 Å². The van der Waals surface area contributed by atoms with E-state index in [9.17, 15) is 45.3 Å². The van der Waals surface area contributed by atoms with E-state index >= 15 is 0 Å². The number of carbonyl (C=O) groups excluding carboxylic acids is 1. The van der Waals surface area contributed by atoms with Crippen LogP contribution in [0.2, 0.25) is 0 Å². The molecular weight excluding hydrogens is 573 g/mol. The van der Waals surface area contributed by atoms with Gasteiger partial charge in [-0.1, -0.05) is 0 Å². The SMILES string of the molecule is O=C(CCCn1[se]c2ccccc2c1=O)C[C@@H]1OC(CO)[C@@H](O[C@@H]2OC(CO)[C@H](O)[C@H](O)C2O)[C@H](O)C1O. The van der Waals surface area contributed by atoms with Gasteiger partial charge >= 0.3 is 167 Å². The number of benzene rings is 1. The molecule has 14 heteroatoms. The molecular formula is C24H33NO12Se. The fourth-order valence-electron chi connectivity index (χ4n) is 4.75. The molecule has 13 nitrogen and oxygen atoms in total. The molecule has 1 aromatic heterocycles. The van der Waals surface area contributed by atoms with Gasteiger partial charge in [-0.25, -0.2) is 0 Å². The molecule has 0 spiro atoms. The number of nitrogens with zero attached hydrogens (tertiary/aromatic N) is 1. The molecule has 1 aromatic carbocycles. The number of fused-ring (bicyclic) bond motifs is 1. The number of aromatic nitrogens is 1. The molecule has 10 atom stereocenters. The monoisotopic (exact) mass is 607 g/mol. The van der Waals surface area contributed by atoms with Crippen molar-refractivity contribution in [1.82, 2.24) is 3.56 Å². The zero-order valence-electron chi connectivity index (χ0n) is 20.4. The fourth-order valence-corrected chi connectivity index (χ4v) is 6.91. The maximum atomic E-state index is 12.6. The van der Waals surface area contributed by atoms with Crippen molar-refractivity contribution in [3.63, 3.8) is 0 Å². The Morgan fingerprint density at radius 2 is 1.58 bits per heavy atom. The zero-order valence-corrected chi connectivity index (χ0v) is 22.1. The number of carbonyl (C=O) groups is 1. The van der Waals surface area contributed by atoms with Gasteiger partial charge in [-0.15, -0.1) is 0 Å². The van der Waals surface area contributed by atoms with Crippen molar-refractivity contribution in [3.8, 4) is 0 Å². The van der Waals surface area contributed by atoms with Crippen LogP contribution in [0.4, 0.5) is 0 Å². The summed E-state index contributed by atoms with van der Waals surface area (Å²) in [4.78, 5) is 25.1. The van der Waals surface area contributed by atoms with Gasteiger partial charge in [-0.2, -0.15) is 0 Å². The second-order valence-corrected chi connectivity index (χ2v) is 11.7. The molecule has 0 aliphatic carbocycles. The number of hydrogen-bond acceptors (Lipinski definition) is 12. The third kappa shape index (κ3) is 6.12. The average molecular weight is 606 g/mol. The summed E-state index contributed by atoms with van der Waals surface area (Å²) in [5, 5.41) is 71.2. The molecule has 0 bridgehead atoms. The van der Waals surface area contributed by atoms with E-state index in [1.54, 1.807) is 9.63 Å². The summed E-state index contributed by atoms with van der Waals surface area (Å²) in [6, 6.07) is 7.38. The van der Waals surface area contributed by atoms with Gasteiger partial charge in [0.25, 0.3) is 0 Å². The van der Waals surface area contributed by atoms with Crippen molar-refractivity contribution in [2.24, 2.45) is 0 Å². The van der Waals surface area contributed by atoms with Crippen LogP contribution in [0.25, 0.3) is 9.65 Å². The minimum absolute atomic E-state index is 0.0570. The first-order valence-corrected chi connectivity index (χ1v) is 14.0. The molecule has 212 valence electrons. The Labute approximate surface area is 223 Å². The Kier molecular flexibility index (Phi) is 9.90. The fraction of sp³-hybridized carbons (Fsp3) is 0.667. The standard InChI is InChI=1S/C24H33NO12Se/c26-9-14-18(30)19(31)21(33)24(36-14)37-22-15(10-27)35-13(17(29)20(22)32)8-11(28)4-3-7-25-23(34)12-5-1-2-6-16(12)38-25/h1-2,5-6,13-15,17-22,24,26-27,29-33H,3-4,7-10H2/t13-,14?,15?,17?,18-,19-,20+,21?,22+,24-/m0/s1. The number of aliphatic hydroxyl groups is 7. The van der Waals surface area contributed by atoms with E-state index in [1.165, 1.54) is 0 Å². The normalized spacial score (nSPS) is 36.0. The van der Waals surface area contributed by atoms with Crippen LogP contribution < -0.4 is 5.56 Å². The third-order valence-corrected chi connectivity index (χ3v) is 9.25. The predicted molar refractivity (Wildman–Crippen MR) is 130 cm³/mol. The van der Waals surface area contributed by atoms with E-state index in [0.717, 1.165) is 4.26 Å². The number of ketones is 1. The van der Waals surface area contributed by atoms with Crippen LogP contribution in [0, 0.1) is 0 Å². The molecule has 3 heterocycles. The second-order valence-electron chi connectivity index (χ2n) is 9.52. The number of hydrogen-bond donors (Lipinski definition) is 7. The quantitative estimate of drug-likeness (QED) is 0.131. The molecule has 0 saturated carbocycles. The van der Waals surface area contributed by atoms with Gasteiger partial charge in [0.05, 0.1) is 6.61 Å². The van der Waals surface area contributed by atoms with Crippen molar-refractivity contribution >= 4 is 30.2 Å². The van der Waals surface area contributed by atoms with Crippen LogP contribution in [-0.2, 0) is 25.5 Å². The minimum atomic E-state index is -1.76. The molecule has 2 aliphatic heterocycles. The molecule has 38 heavy (non-hydrogen) atoms. The topological polar surface area (TPSA) is 208 Å². The third-order valence-electron chi connectivity index (χ3n) is 6.90. The van der Waals surface area contributed by atoms with E-state index < -0.39 is 74.4 Å². The summed E-state index contributed by atoms with van der Waals surface area (Å²) < 4.78 is 19.2. The number of aryl methyl sites for hydroxylation is 1. The molecule has 7 N–H and O–H groups in total. The molecule has 4 rings (SSSR count). The first kappa shape index (κ1) is 29.5. The first-order valence-electron chi connectivity index (χ1n) is 12.3. The van der Waals surface area contributed by atoms with Crippen LogP contribution in [0.15, 0.2) is 29.1 Å². The summed E-state index contributed by atoms with van der Waals surface area (Å²) in [6.45, 7) is -0.953. The van der Waals surface area contributed by atoms with Gasteiger partial charge < -0.3 is 25.2 Å². The molecule has 0 amide bonds. The van der Waals surface area contributed by atoms with Gasteiger partial charge in [0, 0.05) is 0 Å². The summed E-state index contributed by atoms with van der Waals surface area (Å²) in [5.74, 6) is -0.261. The molecule has 2 fully saturated rings. The molecule has 2 saturated heterocycles. The summed E-state index contributed by atoms with van der Waals surface area (Å²) >= 11 is -0.145. The van der Waals surface area contributed by atoms with Crippen LogP contribution in [-0.4, -0.2) is 134 Å². The van der Waals surface area contributed by atoms with E-state index in [0.29, 0.717) is 18.4 Å². The van der Waals surface area contributed by atoms with E-state index in [-0.39, 0.29) is 38.9 Å². The van der Waals surface area contributed by atoms with Gasteiger partial charge in [-0.3, -0.25) is 0 Å². The van der Waals surface area contributed by atoms with E-state index in [4.69, 9.17) is 14.2 Å². The predicted octanol–water partition coefficient (Wildman–Crippen LogP) is -3.54. The number of Topliss-reactive ketones (excluding diaryl/α,β-unsaturated/α-hetero) is 1. The van der Waals surface area contributed by atoms with Crippen molar-refractivity contribution in [2.75, 3.05) is 13.2 Å². The van der Waals surface area contributed by atoms with Crippen LogP contribution in [0.5, 0.6) is 0 Å². The second kappa shape index (κ2) is 12.8. The molecule has 4 unspecified atom stereocenters. The van der Waals surface area contributed by atoms with Crippen LogP contribution in [0.3, 0.4) is 0 Å². The van der Waals surface area contributed by atoms with E-state index in [2.05, 4.69) is 0 Å². The Balaban J connectivity index is 1.32. The average Bonchev–Trinajstić information content (AvgIpc) is 3.23. The number of ether oxygens (including phenoxy) is 3. The van der Waals surface area contributed by atoms with Gasteiger partial charge in [-0.05, 0) is 0 Å². The molecule has 2 aromatic rings. The summed E-state index contributed by atoms with van der Waals surface area (Å²) in [6.07, 6.45) is -14.7. The Morgan fingerprint density at radius 1 is 0.895 bits per heavy atom. The van der Waals surface area contributed by atoms with Crippen molar-refractivity contribution < 1.29 is 54.8 Å². The summed E-state index contributed by atoms with van der Waals surface area (Å²) in [5.41, 5.74) is -0.0570. The Bertz CT molecular complexity index is 1140. The van der Waals surface area contributed by atoms with Gasteiger partial charge in [0.15, 0.2) is 0 Å². The summed E-state index contributed by atoms with van der Waals surface area (Å²) in [7, 11) is 0. The van der Waals surface area contributed by atoms with Gasteiger partial charge in [0.1, 0.15) is 24.4 Å². The Morgan fingerprint density at radius 3 is 2.26 bits per heavy atom. The maximum absolute atomic E-state index is 12.6. The van der Waals surface area contributed by atoms with Crippen molar-refractivity contribution in [2.45, 2.75) is 87.0 Å².